The van der Waals surface area contributed by atoms with Crippen LogP contribution in [0.1, 0.15) is 99.3 Å². The Kier molecular flexibility index (Phi) is 4.71. The molecule has 6 aliphatic rings. The van der Waals surface area contributed by atoms with Gasteiger partial charge in [0.05, 0.1) is 18.6 Å². The molecular weight excluding hydrogens is 424 g/mol. The summed E-state index contributed by atoms with van der Waals surface area (Å²) in [6.07, 6.45) is 8.71. The molecule has 2 bridgehead atoms. The van der Waals surface area contributed by atoms with Crippen molar-refractivity contribution < 1.29 is 19.4 Å². The first-order chi connectivity index (χ1) is 15.9. The van der Waals surface area contributed by atoms with E-state index in [2.05, 4.69) is 34.6 Å². The second kappa shape index (κ2) is 6.77. The number of fused-ring (bicyclic) bond motifs is 4. The van der Waals surface area contributed by atoms with E-state index in [0.29, 0.717) is 36.4 Å². The predicted octanol–water partition coefficient (Wildman–Crippen LogP) is 5.60. The molecule has 0 amide bonds. The second-order valence-corrected chi connectivity index (χ2v) is 14.8. The number of hydrogen-bond donors (Lipinski definition) is 1. The summed E-state index contributed by atoms with van der Waals surface area (Å²) in [5, 5.41) is 10.4. The zero-order chi connectivity index (χ0) is 24.5. The quantitative estimate of drug-likeness (QED) is 0.542. The van der Waals surface area contributed by atoms with Gasteiger partial charge in [0.1, 0.15) is 11.4 Å². The number of aliphatic hydroxyl groups excluding tert-OH is 1. The summed E-state index contributed by atoms with van der Waals surface area (Å²) in [5.41, 5.74) is -1.40. The molecule has 1 heterocycles. The summed E-state index contributed by atoms with van der Waals surface area (Å²) >= 11 is 0. The van der Waals surface area contributed by atoms with Crippen LogP contribution in [0.25, 0.3) is 0 Å². The fourth-order valence-corrected chi connectivity index (χ4v) is 11.8. The van der Waals surface area contributed by atoms with Crippen LogP contribution in [-0.4, -0.2) is 35.5 Å². The van der Waals surface area contributed by atoms with Gasteiger partial charge in [0.25, 0.3) is 0 Å². The molecule has 34 heavy (non-hydrogen) atoms. The third kappa shape index (κ3) is 2.27. The van der Waals surface area contributed by atoms with Gasteiger partial charge < -0.3 is 9.84 Å². The first-order valence-corrected chi connectivity index (χ1v) is 14.2. The minimum Gasteiger partial charge on any atom is -0.395 e. The number of ether oxygens (including phenoxy) is 1. The van der Waals surface area contributed by atoms with Crippen LogP contribution in [0.4, 0.5) is 0 Å². The maximum atomic E-state index is 14.6. The number of hydrogen-bond acceptors (Lipinski definition) is 4. The molecule has 4 nitrogen and oxygen atoms in total. The Bertz CT molecular complexity index is 944. The monoisotopic (exact) mass is 470 g/mol. The molecule has 0 aromatic heterocycles. The van der Waals surface area contributed by atoms with Crippen LogP contribution >= 0.6 is 0 Å². The molecule has 5 saturated carbocycles. The van der Waals surface area contributed by atoms with E-state index in [4.69, 9.17) is 4.74 Å². The van der Waals surface area contributed by atoms with Gasteiger partial charge in [-0.2, -0.15) is 0 Å². The molecule has 1 N–H and O–H groups in total. The van der Waals surface area contributed by atoms with E-state index in [9.17, 15) is 14.7 Å². The van der Waals surface area contributed by atoms with Crippen LogP contribution in [0, 0.1) is 56.7 Å². The highest BCUT2D eigenvalue weighted by molar-refractivity contribution is 5.92. The number of carbonyl (C=O) groups is 2. The van der Waals surface area contributed by atoms with Gasteiger partial charge in [-0.1, -0.05) is 41.5 Å². The first kappa shape index (κ1) is 23.6. The minimum atomic E-state index is -0.674. The molecule has 11 atom stereocenters. The lowest BCUT2D eigenvalue weighted by Crippen LogP contribution is -2.75. The molecule has 6 rings (SSSR count). The summed E-state index contributed by atoms with van der Waals surface area (Å²) in [6.45, 7) is 14.8. The summed E-state index contributed by atoms with van der Waals surface area (Å²) < 4.78 is 6.96. The lowest BCUT2D eigenvalue weighted by molar-refractivity contribution is -0.267. The number of Topliss-reactive ketones (excluding diaryl/α,β-unsaturated/α-hetero) is 2. The zero-order valence-electron chi connectivity index (χ0n) is 22.3. The van der Waals surface area contributed by atoms with E-state index < -0.39 is 11.0 Å². The number of ketones is 2. The maximum Gasteiger partial charge on any atom is 0.165 e. The van der Waals surface area contributed by atoms with Crippen molar-refractivity contribution in [3.05, 3.63) is 0 Å². The van der Waals surface area contributed by atoms with Gasteiger partial charge in [-0.05, 0) is 79.4 Å². The molecule has 1 spiro atoms. The van der Waals surface area contributed by atoms with E-state index in [1.807, 2.05) is 6.92 Å². The molecule has 1 saturated heterocycles. The van der Waals surface area contributed by atoms with Gasteiger partial charge >= 0.3 is 0 Å². The van der Waals surface area contributed by atoms with Crippen LogP contribution in [0.5, 0.6) is 0 Å². The Morgan fingerprint density at radius 2 is 1.65 bits per heavy atom. The average molecular weight is 471 g/mol. The Balaban J connectivity index is 1.49. The topological polar surface area (TPSA) is 63.6 Å². The summed E-state index contributed by atoms with van der Waals surface area (Å²) in [5.74, 6) is 2.47. The number of aliphatic hydroxyl groups is 1. The standard InChI is InChI=1S/C30H46O4/c1-18-7-12-29-14-13-28(6)27(5)11-8-20-25(3,10-9-22(32)26(20,4)16-31)21(27)15-23(33)30(28,34-17-29)24(29)19(18)2/h18-21,24,31H,7-17H2,1-6H3/t18-,19+,20-,21-,24-,25+,26+,27-,28+,29-,30-/m1/s1. The SMILES string of the molecule is C[C@H]1[C@H](C)CC[C@@]23CC[C@]4(C)[C@@](OC2)(C(=O)C[C@@H]2[C@@]5(C)CCC(=O)[C@@](C)(CO)[C@@H]5CC[C@]24C)[C@H]13. The highest BCUT2D eigenvalue weighted by Gasteiger charge is 2.81. The zero-order valence-corrected chi connectivity index (χ0v) is 22.3. The van der Waals surface area contributed by atoms with E-state index in [-0.39, 0.29) is 45.9 Å². The molecular formula is C30H46O4. The van der Waals surface area contributed by atoms with Crippen molar-refractivity contribution >= 4 is 11.6 Å². The lowest BCUT2D eigenvalue weighted by atomic mass is 9.30. The Hall–Kier alpha value is -0.740. The van der Waals surface area contributed by atoms with Crippen molar-refractivity contribution in [2.45, 2.75) is 105 Å². The first-order valence-electron chi connectivity index (χ1n) is 14.2. The van der Waals surface area contributed by atoms with Crippen LogP contribution in [0.2, 0.25) is 0 Å². The second-order valence-electron chi connectivity index (χ2n) is 14.8. The summed E-state index contributed by atoms with van der Waals surface area (Å²) in [7, 11) is 0. The van der Waals surface area contributed by atoms with E-state index in [1.165, 1.54) is 19.3 Å². The molecule has 0 aromatic rings. The molecule has 4 heteroatoms. The van der Waals surface area contributed by atoms with Crippen LogP contribution < -0.4 is 0 Å². The molecule has 190 valence electrons. The molecule has 5 aliphatic carbocycles. The normalized spacial score (nSPS) is 60.7. The smallest absolute Gasteiger partial charge is 0.165 e. The van der Waals surface area contributed by atoms with Gasteiger partial charge in [0.2, 0.25) is 0 Å². The molecule has 0 aromatic carbocycles. The highest BCUT2D eigenvalue weighted by Crippen LogP contribution is 2.79. The largest absolute Gasteiger partial charge is 0.395 e. The fraction of sp³-hybridized carbons (Fsp3) is 0.933. The van der Waals surface area contributed by atoms with Gasteiger partial charge in [0.15, 0.2) is 5.78 Å². The van der Waals surface area contributed by atoms with Crippen LogP contribution in [-0.2, 0) is 14.3 Å². The van der Waals surface area contributed by atoms with Crippen molar-refractivity contribution in [2.24, 2.45) is 56.7 Å². The van der Waals surface area contributed by atoms with Crippen molar-refractivity contribution in [2.75, 3.05) is 13.2 Å². The number of carbonyl (C=O) groups excluding carboxylic acids is 2. The molecule has 1 aliphatic heterocycles. The minimum absolute atomic E-state index is 0.000180. The number of rotatable bonds is 1. The Morgan fingerprint density at radius 3 is 2.35 bits per heavy atom. The fourth-order valence-electron chi connectivity index (χ4n) is 11.8. The van der Waals surface area contributed by atoms with E-state index >= 15 is 0 Å². The van der Waals surface area contributed by atoms with Crippen molar-refractivity contribution in [3.8, 4) is 0 Å². The van der Waals surface area contributed by atoms with E-state index in [0.717, 1.165) is 32.3 Å². The summed E-state index contributed by atoms with van der Waals surface area (Å²) in [6, 6.07) is 0. The van der Waals surface area contributed by atoms with Gasteiger partial charge in [-0.25, -0.2) is 0 Å². The Labute approximate surface area is 206 Å². The average Bonchev–Trinajstić information content (AvgIpc) is 3.09. The van der Waals surface area contributed by atoms with Crippen molar-refractivity contribution in [3.63, 3.8) is 0 Å². The maximum absolute atomic E-state index is 14.6. The van der Waals surface area contributed by atoms with Crippen molar-refractivity contribution in [1.82, 2.24) is 0 Å². The van der Waals surface area contributed by atoms with E-state index in [1.54, 1.807) is 0 Å². The third-order valence-corrected chi connectivity index (χ3v) is 14.2. The highest BCUT2D eigenvalue weighted by atomic mass is 16.5. The van der Waals surface area contributed by atoms with Crippen LogP contribution in [0.15, 0.2) is 0 Å². The molecule has 0 radical (unpaired) electrons. The van der Waals surface area contributed by atoms with Gasteiger partial charge in [0, 0.05) is 29.6 Å². The van der Waals surface area contributed by atoms with Gasteiger partial charge in [-0.3, -0.25) is 9.59 Å². The predicted molar refractivity (Wildman–Crippen MR) is 131 cm³/mol. The molecule has 0 unspecified atom stereocenters. The van der Waals surface area contributed by atoms with Gasteiger partial charge in [-0.15, -0.1) is 0 Å². The Morgan fingerprint density at radius 1 is 0.912 bits per heavy atom. The van der Waals surface area contributed by atoms with Crippen LogP contribution in [0.3, 0.4) is 0 Å². The van der Waals surface area contributed by atoms with Crippen molar-refractivity contribution in [1.29, 1.82) is 0 Å². The molecule has 6 fully saturated rings. The third-order valence-electron chi connectivity index (χ3n) is 14.2. The lowest BCUT2D eigenvalue weighted by Gasteiger charge is -2.73. The summed E-state index contributed by atoms with van der Waals surface area (Å²) in [4.78, 5) is 27.6.